The third kappa shape index (κ3) is 5.64. The topological polar surface area (TPSA) is 75.6 Å². The molecule has 0 aliphatic rings. The zero-order valence-electron chi connectivity index (χ0n) is 11.1. The van der Waals surface area contributed by atoms with E-state index in [1.54, 1.807) is 0 Å². The lowest BCUT2D eigenvalue weighted by atomic mass is 10.1. The van der Waals surface area contributed by atoms with Gasteiger partial charge in [0.1, 0.15) is 5.75 Å². The van der Waals surface area contributed by atoms with E-state index in [1.165, 1.54) is 25.3 Å². The van der Waals surface area contributed by atoms with Gasteiger partial charge in [0.15, 0.2) is 6.04 Å². The molecule has 1 rings (SSSR count). The lowest BCUT2D eigenvalue weighted by Gasteiger charge is -2.16. The highest BCUT2D eigenvalue weighted by molar-refractivity contribution is 8.00. The number of carboxylic acid groups (broad SMARTS) is 1. The molecule has 1 aromatic rings. The van der Waals surface area contributed by atoms with Crippen molar-refractivity contribution in [3.05, 3.63) is 28.8 Å². The van der Waals surface area contributed by atoms with E-state index in [1.807, 2.05) is 5.32 Å². The molecule has 122 valence electrons. The number of halogens is 4. The molecule has 0 fully saturated rings. The van der Waals surface area contributed by atoms with Crippen molar-refractivity contribution < 1.29 is 32.6 Å². The summed E-state index contributed by atoms with van der Waals surface area (Å²) < 4.78 is 40.9. The van der Waals surface area contributed by atoms with E-state index in [4.69, 9.17) is 21.4 Å². The third-order valence-electron chi connectivity index (χ3n) is 2.43. The van der Waals surface area contributed by atoms with E-state index in [0.29, 0.717) is 5.75 Å². The summed E-state index contributed by atoms with van der Waals surface area (Å²) in [7, 11) is 1.37. The SMILES string of the molecule is COc1ccc(C(NC(=O)CSC(F)(F)F)C(=O)O)cc1Cl. The van der Waals surface area contributed by atoms with Crippen molar-refractivity contribution in [1.82, 2.24) is 5.32 Å². The Morgan fingerprint density at radius 3 is 2.55 bits per heavy atom. The van der Waals surface area contributed by atoms with Gasteiger partial charge in [0, 0.05) is 0 Å². The lowest BCUT2D eigenvalue weighted by Crippen LogP contribution is -2.35. The molecule has 1 unspecified atom stereocenters. The van der Waals surface area contributed by atoms with Crippen molar-refractivity contribution in [2.75, 3.05) is 12.9 Å². The number of amides is 1. The molecule has 0 bridgehead atoms. The number of hydrogen-bond donors (Lipinski definition) is 2. The van der Waals surface area contributed by atoms with Crippen LogP contribution in [0.5, 0.6) is 5.75 Å². The minimum atomic E-state index is -4.57. The van der Waals surface area contributed by atoms with Gasteiger partial charge in [-0.15, -0.1) is 0 Å². The second-order valence-electron chi connectivity index (χ2n) is 3.97. The number of alkyl halides is 3. The van der Waals surface area contributed by atoms with Gasteiger partial charge >= 0.3 is 11.5 Å². The van der Waals surface area contributed by atoms with Crippen LogP contribution in [0.1, 0.15) is 11.6 Å². The Hall–Kier alpha value is -1.61. The van der Waals surface area contributed by atoms with Crippen LogP contribution in [0.2, 0.25) is 5.02 Å². The molecule has 22 heavy (non-hydrogen) atoms. The Morgan fingerprint density at radius 2 is 2.09 bits per heavy atom. The van der Waals surface area contributed by atoms with E-state index >= 15 is 0 Å². The Bertz CT molecular complexity index is 568. The summed E-state index contributed by atoms with van der Waals surface area (Å²) in [5.41, 5.74) is -4.46. The number of methoxy groups -OCH3 is 1. The molecule has 0 aliphatic heterocycles. The molecule has 0 saturated carbocycles. The van der Waals surface area contributed by atoms with Crippen LogP contribution >= 0.6 is 23.4 Å². The molecule has 0 heterocycles. The monoisotopic (exact) mass is 357 g/mol. The molecule has 2 N–H and O–H groups in total. The minimum Gasteiger partial charge on any atom is -0.495 e. The van der Waals surface area contributed by atoms with Crippen molar-refractivity contribution in [2.45, 2.75) is 11.6 Å². The van der Waals surface area contributed by atoms with Crippen molar-refractivity contribution in [2.24, 2.45) is 0 Å². The summed E-state index contributed by atoms with van der Waals surface area (Å²) >= 11 is 5.30. The lowest BCUT2D eigenvalue weighted by molar-refractivity contribution is -0.141. The van der Waals surface area contributed by atoms with E-state index in [-0.39, 0.29) is 10.6 Å². The summed E-state index contributed by atoms with van der Waals surface area (Å²) in [6.45, 7) is 0. The van der Waals surface area contributed by atoms with E-state index in [0.717, 1.165) is 0 Å². The summed E-state index contributed by atoms with van der Waals surface area (Å²) in [6, 6.07) is 2.49. The molecule has 0 saturated heterocycles. The normalized spacial score (nSPS) is 12.6. The van der Waals surface area contributed by atoms with Crippen molar-refractivity contribution in [1.29, 1.82) is 0 Å². The number of ether oxygens (including phenoxy) is 1. The second kappa shape index (κ2) is 7.59. The van der Waals surface area contributed by atoms with Crippen LogP contribution < -0.4 is 10.1 Å². The van der Waals surface area contributed by atoms with Gasteiger partial charge < -0.3 is 15.2 Å². The first-order chi connectivity index (χ1) is 10.1. The Kier molecular flexibility index (Phi) is 6.36. The van der Waals surface area contributed by atoms with Crippen LogP contribution in [-0.2, 0) is 9.59 Å². The van der Waals surface area contributed by atoms with Gasteiger partial charge in [-0.1, -0.05) is 17.7 Å². The number of nitrogens with one attached hydrogen (secondary N) is 1. The number of carbonyl (C=O) groups excluding carboxylic acids is 1. The predicted octanol–water partition coefficient (Wildman–Crippen LogP) is 2.84. The maximum Gasteiger partial charge on any atom is 0.442 e. The van der Waals surface area contributed by atoms with Gasteiger partial charge in [-0.3, -0.25) is 4.79 Å². The predicted molar refractivity (Wildman–Crippen MR) is 75.0 cm³/mol. The van der Waals surface area contributed by atoms with Gasteiger partial charge in [0.25, 0.3) is 0 Å². The molecule has 0 spiro atoms. The molecule has 10 heteroatoms. The van der Waals surface area contributed by atoms with Crippen molar-refractivity contribution in [3.8, 4) is 5.75 Å². The first-order valence-corrected chi connectivity index (χ1v) is 7.06. The summed E-state index contributed by atoms with van der Waals surface area (Å²) in [4.78, 5) is 22.6. The summed E-state index contributed by atoms with van der Waals surface area (Å²) in [5, 5.41) is 11.2. The first-order valence-electron chi connectivity index (χ1n) is 5.70. The van der Waals surface area contributed by atoms with Gasteiger partial charge in [-0.05, 0) is 29.5 Å². The Morgan fingerprint density at radius 1 is 1.45 bits per heavy atom. The number of hydrogen-bond acceptors (Lipinski definition) is 4. The molecular formula is C12H11ClF3NO4S. The zero-order valence-corrected chi connectivity index (χ0v) is 12.7. The quantitative estimate of drug-likeness (QED) is 0.818. The van der Waals surface area contributed by atoms with E-state index in [9.17, 15) is 22.8 Å². The Balaban J connectivity index is 2.84. The Labute approximate surface area is 132 Å². The van der Waals surface area contributed by atoms with Gasteiger partial charge in [0.05, 0.1) is 17.9 Å². The number of carboxylic acids is 1. The molecule has 1 amide bonds. The second-order valence-corrected chi connectivity index (χ2v) is 5.41. The van der Waals surface area contributed by atoms with Gasteiger partial charge in [-0.25, -0.2) is 4.79 Å². The average molecular weight is 358 g/mol. The van der Waals surface area contributed by atoms with Crippen molar-refractivity contribution in [3.63, 3.8) is 0 Å². The minimum absolute atomic E-state index is 0.114. The number of benzene rings is 1. The fourth-order valence-electron chi connectivity index (χ4n) is 1.50. The van der Waals surface area contributed by atoms with Crippen LogP contribution in [0, 0.1) is 0 Å². The van der Waals surface area contributed by atoms with Crippen LogP contribution in [0.4, 0.5) is 13.2 Å². The highest BCUT2D eigenvalue weighted by Gasteiger charge is 2.30. The highest BCUT2D eigenvalue weighted by Crippen LogP contribution is 2.30. The molecule has 1 atom stereocenters. The van der Waals surface area contributed by atoms with Crippen molar-refractivity contribution >= 4 is 35.2 Å². The average Bonchev–Trinajstić information content (AvgIpc) is 2.41. The smallest absolute Gasteiger partial charge is 0.442 e. The van der Waals surface area contributed by atoms with Crippen LogP contribution in [0.25, 0.3) is 0 Å². The molecular weight excluding hydrogens is 347 g/mol. The fraction of sp³-hybridized carbons (Fsp3) is 0.333. The van der Waals surface area contributed by atoms with E-state index < -0.39 is 40.9 Å². The summed E-state index contributed by atoms with van der Waals surface area (Å²) in [5.74, 6) is -3.11. The van der Waals surface area contributed by atoms with Crippen LogP contribution in [0.3, 0.4) is 0 Å². The number of thioether (sulfide) groups is 1. The molecule has 5 nitrogen and oxygen atoms in total. The maximum absolute atomic E-state index is 12.0. The third-order valence-corrected chi connectivity index (χ3v) is 3.46. The number of rotatable bonds is 6. The first kappa shape index (κ1) is 18.4. The maximum atomic E-state index is 12.0. The molecule has 0 aromatic heterocycles. The standard InChI is InChI=1S/C12H11ClF3NO4S/c1-21-8-3-2-6(4-7(8)13)10(11(19)20)17-9(18)5-22-12(14,15)16/h2-4,10H,5H2,1H3,(H,17,18)(H,19,20). The summed E-state index contributed by atoms with van der Waals surface area (Å²) in [6.07, 6.45) is 0. The molecule has 0 aliphatic carbocycles. The van der Waals surface area contributed by atoms with Gasteiger partial charge in [0.2, 0.25) is 5.91 Å². The fourth-order valence-corrected chi connectivity index (χ4v) is 2.14. The zero-order chi connectivity index (χ0) is 16.9. The number of carbonyl (C=O) groups is 2. The highest BCUT2D eigenvalue weighted by atomic mass is 35.5. The van der Waals surface area contributed by atoms with Crippen LogP contribution in [-0.4, -0.2) is 35.4 Å². The molecule has 0 radical (unpaired) electrons. The number of aliphatic carboxylic acids is 1. The van der Waals surface area contributed by atoms with E-state index in [2.05, 4.69) is 0 Å². The van der Waals surface area contributed by atoms with Crippen LogP contribution in [0.15, 0.2) is 18.2 Å². The largest absolute Gasteiger partial charge is 0.495 e. The van der Waals surface area contributed by atoms with Gasteiger partial charge in [-0.2, -0.15) is 13.2 Å². The molecule has 1 aromatic carbocycles.